The lowest BCUT2D eigenvalue weighted by Crippen LogP contribution is -1.65. The summed E-state index contributed by atoms with van der Waals surface area (Å²) in [6.07, 6.45) is 1.81. The Morgan fingerprint density at radius 1 is 1.83 bits per heavy atom. The van der Waals surface area contributed by atoms with Gasteiger partial charge in [-0.05, 0) is 12.8 Å². The molecule has 34 valence electrons. The quantitative estimate of drug-likeness (QED) is 0.379. The summed E-state index contributed by atoms with van der Waals surface area (Å²) in [5, 5.41) is 7.95. The van der Waals surface area contributed by atoms with Crippen LogP contribution in [0, 0.1) is 11.3 Å². The second kappa shape index (κ2) is 4.92. The molecule has 0 aliphatic rings. The molecule has 1 atom stereocenters. The Bertz CT molecular complexity index is 55.1. The molecule has 6 heavy (non-hydrogen) atoms. The molecule has 0 bridgehead atoms. The van der Waals surface area contributed by atoms with Crippen LogP contribution < -0.4 is 0 Å². The second-order valence-electron chi connectivity index (χ2n) is 1.01. The van der Waals surface area contributed by atoms with E-state index in [1.807, 2.05) is 0 Å². The maximum atomic E-state index is 7.95. The molecule has 0 aromatic heterocycles. The van der Waals surface area contributed by atoms with Crippen LogP contribution in [0.5, 0.6) is 0 Å². The first-order valence-electron chi connectivity index (χ1n) is 1.93. The Morgan fingerprint density at radius 2 is 2.50 bits per heavy atom. The minimum atomic E-state index is 0.731. The molecular formula is C4H8NP. The molecule has 0 N–H and O–H groups in total. The van der Waals surface area contributed by atoms with Crippen LogP contribution in [0.3, 0.4) is 0 Å². The monoisotopic (exact) mass is 101 g/mol. The van der Waals surface area contributed by atoms with E-state index in [0.717, 1.165) is 21.2 Å². The zero-order valence-corrected chi connectivity index (χ0v) is 4.86. The fourth-order valence-corrected chi connectivity index (χ4v) is 0.543. The van der Waals surface area contributed by atoms with Gasteiger partial charge in [0, 0.05) is 6.42 Å². The molecule has 0 heterocycles. The van der Waals surface area contributed by atoms with Gasteiger partial charge in [-0.1, -0.05) is 0 Å². The Morgan fingerprint density at radius 3 is 2.67 bits per heavy atom. The van der Waals surface area contributed by atoms with Crippen molar-refractivity contribution in [2.24, 2.45) is 0 Å². The SMILES string of the molecule is CPCCC#N. The van der Waals surface area contributed by atoms with Crippen LogP contribution in [-0.2, 0) is 0 Å². The summed E-state index contributed by atoms with van der Waals surface area (Å²) >= 11 is 0. The van der Waals surface area contributed by atoms with Gasteiger partial charge in [-0.2, -0.15) is 5.26 Å². The molecule has 1 unspecified atom stereocenters. The molecule has 0 aromatic carbocycles. The highest BCUT2D eigenvalue weighted by Gasteiger charge is 1.73. The van der Waals surface area contributed by atoms with Gasteiger partial charge in [-0.3, -0.25) is 0 Å². The van der Waals surface area contributed by atoms with Crippen LogP contribution in [0.4, 0.5) is 0 Å². The lowest BCUT2D eigenvalue weighted by molar-refractivity contribution is 1.24. The maximum Gasteiger partial charge on any atom is 0.0625 e. The summed E-state index contributed by atoms with van der Waals surface area (Å²) in [4.78, 5) is 0. The lowest BCUT2D eigenvalue weighted by Gasteiger charge is -1.78. The lowest BCUT2D eigenvalue weighted by atomic mass is 10.6. The van der Waals surface area contributed by atoms with E-state index < -0.39 is 0 Å². The van der Waals surface area contributed by atoms with E-state index in [1.54, 1.807) is 0 Å². The fraction of sp³-hybridized carbons (Fsp3) is 0.750. The largest absolute Gasteiger partial charge is 0.198 e. The predicted octanol–water partition coefficient (Wildman–Crippen LogP) is 1.21. The molecule has 2 heteroatoms. The Kier molecular flexibility index (Phi) is 4.85. The number of rotatable bonds is 2. The second-order valence-corrected chi connectivity index (χ2v) is 2.22. The standard InChI is InChI=1S/C4H8NP/c1-6-4-2-3-5/h6H,2,4H2,1H3. The first-order chi connectivity index (χ1) is 2.91. The molecule has 0 amide bonds. The van der Waals surface area contributed by atoms with Crippen molar-refractivity contribution >= 4 is 8.58 Å². The third-order valence-corrected chi connectivity index (χ3v) is 1.24. The Hall–Kier alpha value is -0.0800. The van der Waals surface area contributed by atoms with E-state index in [-0.39, 0.29) is 0 Å². The Balaban J connectivity index is 2.54. The van der Waals surface area contributed by atoms with E-state index in [2.05, 4.69) is 12.7 Å². The van der Waals surface area contributed by atoms with Crippen LogP contribution in [-0.4, -0.2) is 12.8 Å². The molecule has 0 radical (unpaired) electrons. The molecule has 0 rings (SSSR count). The first kappa shape index (κ1) is 5.92. The van der Waals surface area contributed by atoms with Gasteiger partial charge in [0.2, 0.25) is 0 Å². The smallest absolute Gasteiger partial charge is 0.0625 e. The summed E-state index contributed by atoms with van der Waals surface area (Å²) < 4.78 is 0. The highest BCUT2D eigenvalue weighted by atomic mass is 31.1. The normalized spacial score (nSPS) is 9.33. The third-order valence-electron chi connectivity index (χ3n) is 0.487. The zero-order valence-electron chi connectivity index (χ0n) is 3.86. The van der Waals surface area contributed by atoms with Crippen molar-refractivity contribution in [3.63, 3.8) is 0 Å². The van der Waals surface area contributed by atoms with Crippen molar-refractivity contribution in [2.75, 3.05) is 12.8 Å². The van der Waals surface area contributed by atoms with E-state index in [0.29, 0.717) is 0 Å². The average molecular weight is 101 g/mol. The van der Waals surface area contributed by atoms with Gasteiger partial charge in [-0.15, -0.1) is 8.58 Å². The van der Waals surface area contributed by atoms with E-state index >= 15 is 0 Å². The summed E-state index contributed by atoms with van der Waals surface area (Å²) in [6, 6.07) is 2.08. The third kappa shape index (κ3) is 3.92. The van der Waals surface area contributed by atoms with Crippen LogP contribution in [0.25, 0.3) is 0 Å². The Labute approximate surface area is 40.1 Å². The number of hydrogen-bond acceptors (Lipinski definition) is 1. The number of hydrogen-bond donors (Lipinski definition) is 0. The minimum absolute atomic E-state index is 0.731. The van der Waals surface area contributed by atoms with Gasteiger partial charge >= 0.3 is 0 Å². The van der Waals surface area contributed by atoms with Gasteiger partial charge in [0.1, 0.15) is 0 Å². The average Bonchev–Trinajstić information content (AvgIpc) is 1.61. The van der Waals surface area contributed by atoms with Crippen molar-refractivity contribution in [1.82, 2.24) is 0 Å². The van der Waals surface area contributed by atoms with E-state index in [4.69, 9.17) is 5.26 Å². The molecule has 0 spiro atoms. The molecule has 0 fully saturated rings. The summed E-state index contributed by atoms with van der Waals surface area (Å²) in [6.45, 7) is 2.11. The molecule has 0 aromatic rings. The highest BCUT2D eigenvalue weighted by molar-refractivity contribution is 7.36. The topological polar surface area (TPSA) is 23.8 Å². The van der Waals surface area contributed by atoms with Crippen LogP contribution in [0.1, 0.15) is 6.42 Å². The molecule has 1 nitrogen and oxygen atoms in total. The predicted molar refractivity (Wildman–Crippen MR) is 29.3 cm³/mol. The van der Waals surface area contributed by atoms with E-state index in [9.17, 15) is 0 Å². The molecular weight excluding hydrogens is 93.0 g/mol. The van der Waals surface area contributed by atoms with Gasteiger partial charge in [0.25, 0.3) is 0 Å². The van der Waals surface area contributed by atoms with Crippen LogP contribution >= 0.6 is 8.58 Å². The minimum Gasteiger partial charge on any atom is -0.198 e. The summed E-state index contributed by atoms with van der Waals surface area (Å²) in [7, 11) is 0.942. The first-order valence-corrected chi connectivity index (χ1v) is 3.64. The van der Waals surface area contributed by atoms with Crippen molar-refractivity contribution in [3.05, 3.63) is 0 Å². The molecule has 0 saturated heterocycles. The number of nitrogens with zero attached hydrogens (tertiary/aromatic N) is 1. The molecule has 0 aliphatic carbocycles. The van der Waals surface area contributed by atoms with Crippen LogP contribution in [0.15, 0.2) is 0 Å². The van der Waals surface area contributed by atoms with Gasteiger partial charge < -0.3 is 0 Å². The maximum absolute atomic E-state index is 7.95. The van der Waals surface area contributed by atoms with Crippen molar-refractivity contribution in [1.29, 1.82) is 5.26 Å². The zero-order chi connectivity index (χ0) is 4.83. The van der Waals surface area contributed by atoms with Crippen molar-refractivity contribution in [3.8, 4) is 6.07 Å². The van der Waals surface area contributed by atoms with Crippen molar-refractivity contribution < 1.29 is 0 Å². The van der Waals surface area contributed by atoms with Crippen molar-refractivity contribution in [2.45, 2.75) is 6.42 Å². The number of nitriles is 1. The summed E-state index contributed by atoms with van der Waals surface area (Å²) in [5.41, 5.74) is 0. The van der Waals surface area contributed by atoms with Gasteiger partial charge in [0.05, 0.1) is 6.07 Å². The van der Waals surface area contributed by atoms with Gasteiger partial charge in [-0.25, -0.2) is 0 Å². The summed E-state index contributed by atoms with van der Waals surface area (Å²) in [5.74, 6) is 0. The molecule has 0 aliphatic heterocycles. The van der Waals surface area contributed by atoms with E-state index in [1.165, 1.54) is 0 Å². The van der Waals surface area contributed by atoms with Gasteiger partial charge in [0.15, 0.2) is 0 Å². The molecule has 0 saturated carbocycles. The van der Waals surface area contributed by atoms with Crippen LogP contribution in [0.2, 0.25) is 0 Å². The fourth-order valence-electron chi connectivity index (χ4n) is 0.181. The highest BCUT2D eigenvalue weighted by Crippen LogP contribution is 2.01.